The Morgan fingerprint density at radius 1 is 1.15 bits per heavy atom. The van der Waals surface area contributed by atoms with E-state index in [0.29, 0.717) is 13.1 Å². The Morgan fingerprint density at radius 2 is 1.77 bits per heavy atom. The van der Waals surface area contributed by atoms with Gasteiger partial charge in [0, 0.05) is 31.0 Å². The van der Waals surface area contributed by atoms with Crippen molar-refractivity contribution >= 4 is 16.0 Å². The number of methoxy groups -OCH3 is 2. The summed E-state index contributed by atoms with van der Waals surface area (Å²) in [4.78, 5) is 11.4. The third kappa shape index (κ3) is 2.42. The summed E-state index contributed by atoms with van der Waals surface area (Å²) in [7, 11) is -1.22. The molecule has 1 aromatic rings. The molecular weight excluding hydrogens is 362 g/mol. The van der Waals surface area contributed by atoms with E-state index < -0.39 is 16.0 Å². The highest BCUT2D eigenvalue weighted by atomic mass is 32.2. The fourth-order valence-electron chi connectivity index (χ4n) is 4.08. The van der Waals surface area contributed by atoms with Crippen LogP contribution in [0.25, 0.3) is 0 Å². The van der Waals surface area contributed by atoms with Crippen LogP contribution in [0.2, 0.25) is 0 Å². The fourth-order valence-corrected chi connectivity index (χ4v) is 5.64. The number of sulfonamides is 1. The van der Waals surface area contributed by atoms with Crippen LogP contribution >= 0.6 is 0 Å². The van der Waals surface area contributed by atoms with E-state index in [2.05, 4.69) is 0 Å². The number of benzene rings is 1. The predicted molar refractivity (Wildman–Crippen MR) is 90.0 cm³/mol. The summed E-state index contributed by atoms with van der Waals surface area (Å²) in [5, 5.41) is 9.41. The molecule has 3 aliphatic heterocycles. The number of hydrogen-bond acceptors (Lipinski definition) is 6. The molecule has 2 fully saturated rings. The number of carbonyl (C=O) groups is 1. The van der Waals surface area contributed by atoms with Gasteiger partial charge in [0.2, 0.25) is 10.0 Å². The Hall–Kier alpha value is -2.10. The lowest BCUT2D eigenvalue weighted by atomic mass is 9.86. The molecule has 9 heteroatoms. The van der Waals surface area contributed by atoms with E-state index >= 15 is 0 Å². The lowest BCUT2D eigenvalue weighted by Crippen LogP contribution is -2.31. The molecule has 1 N–H and O–H groups in total. The van der Waals surface area contributed by atoms with Crippen molar-refractivity contribution in [3.05, 3.63) is 29.8 Å². The lowest BCUT2D eigenvalue weighted by Gasteiger charge is -2.20. The van der Waals surface area contributed by atoms with Crippen molar-refractivity contribution in [2.75, 3.05) is 27.3 Å². The molecule has 0 aliphatic carbocycles. The molecule has 0 saturated carbocycles. The van der Waals surface area contributed by atoms with Crippen molar-refractivity contribution in [3.63, 3.8) is 0 Å². The quantitative estimate of drug-likeness (QED) is 0.759. The molecule has 4 unspecified atom stereocenters. The molecule has 0 amide bonds. The van der Waals surface area contributed by atoms with Crippen molar-refractivity contribution in [1.29, 1.82) is 0 Å². The SMILES string of the molecule is COc1cc(S(=O)(=O)N2CC3C4C=CC(O4)C3C2)cc(C(=O)O)c1OC. The van der Waals surface area contributed by atoms with Crippen LogP contribution < -0.4 is 9.47 Å². The predicted octanol–water partition coefficient (Wildman–Crippen LogP) is 0.976. The molecule has 4 rings (SSSR count). The zero-order valence-corrected chi connectivity index (χ0v) is 15.1. The summed E-state index contributed by atoms with van der Waals surface area (Å²) in [5.41, 5.74) is -0.255. The van der Waals surface area contributed by atoms with Crippen LogP contribution in [0.4, 0.5) is 0 Å². The van der Waals surface area contributed by atoms with Crippen LogP contribution in [-0.2, 0) is 14.8 Å². The molecule has 140 valence electrons. The Morgan fingerprint density at radius 3 is 2.27 bits per heavy atom. The number of hydrogen-bond donors (Lipinski definition) is 1. The highest BCUT2D eigenvalue weighted by molar-refractivity contribution is 7.89. The number of nitrogens with zero attached hydrogens (tertiary/aromatic N) is 1. The van der Waals surface area contributed by atoms with Crippen molar-refractivity contribution in [1.82, 2.24) is 4.31 Å². The second kappa shape index (κ2) is 5.97. The molecule has 26 heavy (non-hydrogen) atoms. The third-order valence-corrected chi connectivity index (χ3v) is 7.16. The van der Waals surface area contributed by atoms with Gasteiger partial charge in [-0.25, -0.2) is 13.2 Å². The third-order valence-electron chi connectivity index (χ3n) is 5.35. The number of carboxylic acids is 1. The van der Waals surface area contributed by atoms with Gasteiger partial charge in [-0.3, -0.25) is 0 Å². The van der Waals surface area contributed by atoms with Gasteiger partial charge in [-0.15, -0.1) is 0 Å². The maximum absolute atomic E-state index is 13.1. The summed E-state index contributed by atoms with van der Waals surface area (Å²) in [6.45, 7) is 0.713. The van der Waals surface area contributed by atoms with E-state index in [9.17, 15) is 18.3 Å². The molecule has 0 radical (unpaired) electrons. The van der Waals surface area contributed by atoms with E-state index in [-0.39, 0.29) is 46.0 Å². The van der Waals surface area contributed by atoms with Gasteiger partial charge < -0.3 is 19.3 Å². The zero-order valence-electron chi connectivity index (χ0n) is 14.3. The molecule has 3 aliphatic rings. The minimum atomic E-state index is -3.86. The molecule has 0 spiro atoms. The minimum absolute atomic E-state index is 0.00659. The Balaban J connectivity index is 1.71. The minimum Gasteiger partial charge on any atom is -0.493 e. The second-order valence-electron chi connectivity index (χ2n) is 6.61. The maximum atomic E-state index is 13.1. The van der Waals surface area contributed by atoms with Crippen molar-refractivity contribution in [2.45, 2.75) is 17.1 Å². The smallest absolute Gasteiger partial charge is 0.339 e. The topological polar surface area (TPSA) is 102 Å². The van der Waals surface area contributed by atoms with Gasteiger partial charge >= 0.3 is 5.97 Å². The summed E-state index contributed by atoms with van der Waals surface area (Å²) in [6.07, 6.45) is 3.90. The molecule has 2 bridgehead atoms. The van der Waals surface area contributed by atoms with Crippen LogP contribution in [0.5, 0.6) is 11.5 Å². The van der Waals surface area contributed by atoms with Crippen LogP contribution in [0.3, 0.4) is 0 Å². The molecule has 1 aromatic carbocycles. The van der Waals surface area contributed by atoms with Gasteiger partial charge in [0.05, 0.1) is 31.3 Å². The first kappa shape index (κ1) is 17.3. The van der Waals surface area contributed by atoms with E-state index in [1.54, 1.807) is 0 Å². The first-order valence-electron chi connectivity index (χ1n) is 8.20. The first-order valence-corrected chi connectivity index (χ1v) is 9.64. The molecule has 8 nitrogen and oxygen atoms in total. The van der Waals surface area contributed by atoms with Gasteiger partial charge in [-0.2, -0.15) is 4.31 Å². The Labute approximate surface area is 151 Å². The standard InChI is InChI=1S/C17H19NO7S/c1-23-15-6-9(5-10(17(19)20)16(15)24-2)26(21,22)18-7-11-12(8-18)14-4-3-13(11)25-14/h3-6,11-14H,7-8H2,1-2H3,(H,19,20). The van der Waals surface area contributed by atoms with Gasteiger partial charge in [-0.1, -0.05) is 12.2 Å². The maximum Gasteiger partial charge on any atom is 0.339 e. The second-order valence-corrected chi connectivity index (χ2v) is 8.55. The van der Waals surface area contributed by atoms with E-state index in [1.807, 2.05) is 12.2 Å². The van der Waals surface area contributed by atoms with Gasteiger partial charge in [0.1, 0.15) is 5.56 Å². The summed E-state index contributed by atoms with van der Waals surface area (Å²) in [5.74, 6) is -0.952. The summed E-state index contributed by atoms with van der Waals surface area (Å²) in [6, 6.07) is 2.43. The average molecular weight is 381 g/mol. The highest BCUT2D eigenvalue weighted by Crippen LogP contribution is 2.45. The first-order chi connectivity index (χ1) is 12.4. The van der Waals surface area contributed by atoms with Crippen LogP contribution in [0.1, 0.15) is 10.4 Å². The normalized spacial score (nSPS) is 29.8. The van der Waals surface area contributed by atoms with E-state index in [0.717, 1.165) is 6.07 Å². The Kier molecular flexibility index (Phi) is 3.98. The molecule has 3 heterocycles. The van der Waals surface area contributed by atoms with Crippen molar-refractivity contribution < 1.29 is 32.5 Å². The summed E-state index contributed by atoms with van der Waals surface area (Å²) >= 11 is 0. The van der Waals surface area contributed by atoms with Crippen molar-refractivity contribution in [2.24, 2.45) is 11.8 Å². The number of fused-ring (bicyclic) bond motifs is 5. The number of ether oxygens (including phenoxy) is 3. The fraction of sp³-hybridized carbons (Fsp3) is 0.471. The monoisotopic (exact) mass is 381 g/mol. The van der Waals surface area contributed by atoms with Crippen LogP contribution in [0, 0.1) is 11.8 Å². The average Bonchev–Trinajstić information content (AvgIpc) is 3.32. The lowest BCUT2D eigenvalue weighted by molar-refractivity contribution is 0.0692. The largest absolute Gasteiger partial charge is 0.493 e. The molecule has 0 aromatic heterocycles. The molecule has 2 saturated heterocycles. The Bertz CT molecular complexity index is 875. The van der Waals surface area contributed by atoms with Crippen molar-refractivity contribution in [3.8, 4) is 11.5 Å². The van der Waals surface area contributed by atoms with E-state index in [1.165, 1.54) is 24.6 Å². The summed E-state index contributed by atoms with van der Waals surface area (Å²) < 4.78 is 43.6. The number of aromatic carboxylic acids is 1. The van der Waals surface area contributed by atoms with Gasteiger partial charge in [0.25, 0.3) is 0 Å². The highest BCUT2D eigenvalue weighted by Gasteiger charge is 2.53. The molecule has 4 atom stereocenters. The zero-order chi connectivity index (χ0) is 18.6. The van der Waals surface area contributed by atoms with Crippen LogP contribution in [0.15, 0.2) is 29.2 Å². The van der Waals surface area contributed by atoms with E-state index in [4.69, 9.17) is 14.2 Å². The van der Waals surface area contributed by atoms with Crippen LogP contribution in [-0.4, -0.2) is 63.3 Å². The number of rotatable bonds is 5. The van der Waals surface area contributed by atoms with Gasteiger partial charge in [-0.05, 0) is 6.07 Å². The molecular formula is C17H19NO7S. The van der Waals surface area contributed by atoms with Gasteiger partial charge in [0.15, 0.2) is 11.5 Å². The number of carboxylic acid groups (broad SMARTS) is 1.